The van der Waals surface area contributed by atoms with Gasteiger partial charge in [0, 0.05) is 18.8 Å². The summed E-state index contributed by atoms with van der Waals surface area (Å²) in [6.45, 7) is 24.0. The second-order valence-electron chi connectivity index (χ2n) is 13.2. The van der Waals surface area contributed by atoms with E-state index < -0.39 is 0 Å². The van der Waals surface area contributed by atoms with Crippen molar-refractivity contribution in [3.05, 3.63) is 42.0 Å². The van der Waals surface area contributed by atoms with Gasteiger partial charge in [0.05, 0.1) is 0 Å². The van der Waals surface area contributed by atoms with E-state index in [0.717, 1.165) is 29.6 Å². The first-order valence-electron chi connectivity index (χ1n) is 16.6. The predicted molar refractivity (Wildman–Crippen MR) is 174 cm³/mol. The first-order chi connectivity index (χ1) is 18.1. The number of benzene rings is 1. The van der Waals surface area contributed by atoms with Crippen LogP contribution >= 0.6 is 0 Å². The highest BCUT2D eigenvalue weighted by Crippen LogP contribution is 2.33. The van der Waals surface area contributed by atoms with Gasteiger partial charge >= 0.3 is 0 Å². The number of aryl methyl sites for hydroxylation is 1. The molecule has 0 saturated carbocycles. The minimum absolute atomic E-state index is 0.430. The van der Waals surface area contributed by atoms with Crippen LogP contribution in [0.25, 0.3) is 0 Å². The Morgan fingerprint density at radius 1 is 0.684 bits per heavy atom. The van der Waals surface area contributed by atoms with Gasteiger partial charge in [-0.1, -0.05) is 144 Å². The van der Waals surface area contributed by atoms with Crippen LogP contribution < -0.4 is 4.90 Å². The van der Waals surface area contributed by atoms with Gasteiger partial charge in [-0.25, -0.2) is 0 Å². The summed E-state index contributed by atoms with van der Waals surface area (Å²) in [4.78, 5) is 2.54. The Hall–Kier alpha value is -1.24. The zero-order valence-corrected chi connectivity index (χ0v) is 27.6. The molecule has 0 radical (unpaired) electrons. The molecule has 1 heteroatoms. The van der Waals surface area contributed by atoms with Crippen molar-refractivity contribution in [1.29, 1.82) is 0 Å². The van der Waals surface area contributed by atoms with Gasteiger partial charge in [0.25, 0.3) is 0 Å². The van der Waals surface area contributed by atoms with Gasteiger partial charge in [-0.15, -0.1) is 0 Å². The Labute approximate surface area is 240 Å². The summed E-state index contributed by atoms with van der Waals surface area (Å²) in [7, 11) is 2.31. The molecule has 1 aromatic rings. The number of hydrogen-bond acceptors (Lipinski definition) is 1. The average molecular weight is 526 g/mol. The molecule has 0 aromatic heterocycles. The molecule has 0 amide bonds. The van der Waals surface area contributed by atoms with Crippen LogP contribution in [-0.4, -0.2) is 13.1 Å². The highest BCUT2D eigenvalue weighted by molar-refractivity contribution is 5.48. The summed E-state index contributed by atoms with van der Waals surface area (Å²) >= 11 is 0. The number of likely N-dealkylation sites (N-methyl/N-ethyl adjacent to an activating group) is 1. The SMILES string of the molecule is CCCCC(CCC)C(C)CCC(C)[C@@H](/C=C\C(C)CC(C)[C@H](CC)[C@H](C)CC)N(C)c1ccc(C)cc1. The maximum absolute atomic E-state index is 2.57. The third-order valence-electron chi connectivity index (χ3n) is 9.90. The van der Waals surface area contributed by atoms with Crippen LogP contribution in [0.1, 0.15) is 132 Å². The number of rotatable bonds is 20. The van der Waals surface area contributed by atoms with E-state index in [2.05, 4.69) is 118 Å². The molecule has 0 aliphatic carbocycles. The van der Waals surface area contributed by atoms with Crippen molar-refractivity contribution >= 4 is 5.69 Å². The van der Waals surface area contributed by atoms with Gasteiger partial charge in [0.1, 0.15) is 0 Å². The molecule has 0 fully saturated rings. The van der Waals surface area contributed by atoms with Crippen LogP contribution in [0.3, 0.4) is 0 Å². The Bertz CT molecular complexity index is 734. The number of nitrogens with zero attached hydrogens (tertiary/aromatic N) is 1. The van der Waals surface area contributed by atoms with Crippen molar-refractivity contribution < 1.29 is 0 Å². The van der Waals surface area contributed by atoms with E-state index >= 15 is 0 Å². The van der Waals surface area contributed by atoms with E-state index in [0.29, 0.717) is 17.9 Å². The lowest BCUT2D eigenvalue weighted by Gasteiger charge is -2.34. The molecular formula is C37H67N. The van der Waals surface area contributed by atoms with Crippen molar-refractivity contribution in [1.82, 2.24) is 0 Å². The first-order valence-corrected chi connectivity index (χ1v) is 16.6. The van der Waals surface area contributed by atoms with Crippen LogP contribution in [0.15, 0.2) is 36.4 Å². The van der Waals surface area contributed by atoms with Crippen LogP contribution in [-0.2, 0) is 0 Å². The van der Waals surface area contributed by atoms with Gasteiger partial charge in [0.15, 0.2) is 0 Å². The monoisotopic (exact) mass is 526 g/mol. The van der Waals surface area contributed by atoms with E-state index in [-0.39, 0.29) is 0 Å². The first kappa shape index (κ1) is 34.8. The second kappa shape index (κ2) is 18.9. The van der Waals surface area contributed by atoms with E-state index in [1.807, 2.05) is 0 Å². The molecule has 8 atom stereocenters. The van der Waals surface area contributed by atoms with Crippen molar-refractivity contribution in [2.45, 2.75) is 139 Å². The fourth-order valence-electron chi connectivity index (χ4n) is 6.95. The molecule has 0 N–H and O–H groups in total. The van der Waals surface area contributed by atoms with E-state index in [1.165, 1.54) is 75.5 Å². The second-order valence-corrected chi connectivity index (χ2v) is 13.2. The maximum atomic E-state index is 2.57. The molecular weight excluding hydrogens is 458 g/mol. The topological polar surface area (TPSA) is 3.24 Å². The van der Waals surface area contributed by atoms with Crippen LogP contribution in [0.4, 0.5) is 5.69 Å². The van der Waals surface area contributed by atoms with Gasteiger partial charge in [-0.2, -0.15) is 0 Å². The molecule has 0 aliphatic rings. The molecule has 0 bridgehead atoms. The Morgan fingerprint density at radius 2 is 1.32 bits per heavy atom. The minimum atomic E-state index is 0.430. The lowest BCUT2D eigenvalue weighted by atomic mass is 9.76. The quantitative estimate of drug-likeness (QED) is 0.153. The third kappa shape index (κ3) is 11.9. The summed E-state index contributed by atoms with van der Waals surface area (Å²) in [5.41, 5.74) is 2.67. The maximum Gasteiger partial charge on any atom is 0.0495 e. The zero-order chi connectivity index (χ0) is 28.7. The smallest absolute Gasteiger partial charge is 0.0495 e. The molecule has 0 saturated heterocycles. The molecule has 1 rings (SSSR count). The fraction of sp³-hybridized carbons (Fsp3) is 0.784. The van der Waals surface area contributed by atoms with Crippen molar-refractivity contribution in [2.24, 2.45) is 41.4 Å². The van der Waals surface area contributed by atoms with E-state index in [9.17, 15) is 0 Å². The van der Waals surface area contributed by atoms with E-state index in [1.54, 1.807) is 0 Å². The number of anilines is 1. The molecule has 0 spiro atoms. The van der Waals surface area contributed by atoms with Crippen molar-refractivity contribution in [3.63, 3.8) is 0 Å². The zero-order valence-electron chi connectivity index (χ0n) is 27.6. The third-order valence-corrected chi connectivity index (χ3v) is 9.90. The number of unbranched alkanes of at least 4 members (excludes halogenated alkanes) is 1. The van der Waals surface area contributed by atoms with Gasteiger partial charge in [-0.3, -0.25) is 0 Å². The standard InChI is InChI=1S/C37H67N/c1-12-16-18-34(17-13-2)31(8)22-23-32(9)37(38(11)35-24-19-28(5)20-25-35)26-21-29(6)27-33(10)36(15-4)30(7)14-3/h19-21,24-26,29-34,36-37H,12-18,22-23,27H2,1-11H3/b26-21-/t29?,30-,31?,32?,33?,34?,36-,37-/m1/s1. The Kier molecular flexibility index (Phi) is 17.3. The predicted octanol–water partition coefficient (Wildman–Crippen LogP) is 11.7. The Balaban J connectivity index is 3.00. The molecule has 220 valence electrons. The normalized spacial score (nSPS) is 18.5. The fourth-order valence-corrected chi connectivity index (χ4v) is 6.95. The number of hydrogen-bond donors (Lipinski definition) is 0. The summed E-state index contributed by atoms with van der Waals surface area (Å²) < 4.78 is 0. The van der Waals surface area contributed by atoms with Gasteiger partial charge < -0.3 is 4.90 Å². The lowest BCUT2D eigenvalue weighted by molar-refractivity contribution is 0.218. The largest absolute Gasteiger partial charge is 0.368 e. The summed E-state index contributed by atoms with van der Waals surface area (Å²) in [6.07, 6.45) is 18.5. The van der Waals surface area contributed by atoms with Crippen molar-refractivity contribution in [2.75, 3.05) is 11.9 Å². The van der Waals surface area contributed by atoms with Gasteiger partial charge in [-0.05, 0) is 73.3 Å². The highest BCUT2D eigenvalue weighted by Gasteiger charge is 2.25. The molecule has 0 aliphatic heterocycles. The number of allylic oxidation sites excluding steroid dienone is 1. The molecule has 1 aromatic carbocycles. The lowest BCUT2D eigenvalue weighted by Crippen LogP contribution is -2.36. The minimum Gasteiger partial charge on any atom is -0.368 e. The summed E-state index contributed by atoms with van der Waals surface area (Å²) in [5.74, 6) is 5.40. The molecule has 5 unspecified atom stereocenters. The van der Waals surface area contributed by atoms with E-state index in [4.69, 9.17) is 0 Å². The van der Waals surface area contributed by atoms with Crippen LogP contribution in [0, 0.1) is 48.3 Å². The summed E-state index contributed by atoms with van der Waals surface area (Å²) in [5, 5.41) is 0. The average Bonchev–Trinajstić information content (AvgIpc) is 2.90. The van der Waals surface area contributed by atoms with Gasteiger partial charge in [0.2, 0.25) is 0 Å². The molecule has 0 heterocycles. The van der Waals surface area contributed by atoms with Crippen LogP contribution in [0.2, 0.25) is 0 Å². The van der Waals surface area contributed by atoms with Crippen molar-refractivity contribution in [3.8, 4) is 0 Å². The molecule has 38 heavy (non-hydrogen) atoms. The molecule has 1 nitrogen and oxygen atoms in total. The highest BCUT2D eigenvalue weighted by atomic mass is 15.1. The van der Waals surface area contributed by atoms with Crippen LogP contribution in [0.5, 0.6) is 0 Å². The Morgan fingerprint density at radius 3 is 1.87 bits per heavy atom. The summed E-state index contributed by atoms with van der Waals surface area (Å²) in [6, 6.07) is 9.55.